The number of aliphatic hydroxyl groups excluding tert-OH is 1. The molecule has 21 heavy (non-hydrogen) atoms. The highest BCUT2D eigenvalue weighted by Gasteiger charge is 2.32. The lowest BCUT2D eigenvalue weighted by atomic mass is 10.1. The van der Waals surface area contributed by atoms with Gasteiger partial charge in [-0.05, 0) is 37.1 Å². The maximum Gasteiger partial charge on any atom is 0.390 e. The molecule has 0 spiro atoms. The highest BCUT2D eigenvalue weighted by atomic mass is 35.5. The molecule has 1 rings (SSSR count). The molecule has 0 aromatic heterocycles. The van der Waals surface area contributed by atoms with Crippen molar-refractivity contribution < 1.29 is 26.7 Å². The van der Waals surface area contributed by atoms with Crippen molar-refractivity contribution in [2.45, 2.75) is 44.0 Å². The van der Waals surface area contributed by atoms with E-state index >= 15 is 0 Å². The molecule has 0 radical (unpaired) electrons. The molecular weight excluding hydrogens is 331 g/mol. The molecule has 1 aromatic carbocycles. The molecule has 120 valence electrons. The van der Waals surface area contributed by atoms with Gasteiger partial charge in [0.05, 0.1) is 17.9 Å². The Morgan fingerprint density at radius 3 is 2.43 bits per heavy atom. The molecule has 0 fully saturated rings. The van der Waals surface area contributed by atoms with E-state index in [2.05, 4.69) is 0 Å². The quantitative estimate of drug-likeness (QED) is 0.862. The maximum absolute atomic E-state index is 12.3. The van der Waals surface area contributed by atoms with Crippen molar-refractivity contribution in [1.82, 2.24) is 4.72 Å². The van der Waals surface area contributed by atoms with Crippen molar-refractivity contribution in [3.05, 3.63) is 28.3 Å². The van der Waals surface area contributed by atoms with Crippen LogP contribution in [-0.4, -0.2) is 25.7 Å². The second-order valence-electron chi connectivity index (χ2n) is 4.69. The van der Waals surface area contributed by atoms with Gasteiger partial charge in [-0.15, -0.1) is 0 Å². The Labute approximate surface area is 126 Å². The van der Waals surface area contributed by atoms with Gasteiger partial charge in [0.2, 0.25) is 10.0 Å². The van der Waals surface area contributed by atoms with Crippen molar-refractivity contribution in [1.29, 1.82) is 0 Å². The molecule has 2 N–H and O–H groups in total. The minimum atomic E-state index is -4.47. The van der Waals surface area contributed by atoms with Crippen LogP contribution in [0.15, 0.2) is 17.0 Å². The third-order valence-electron chi connectivity index (χ3n) is 2.79. The summed E-state index contributed by atoms with van der Waals surface area (Å²) in [6.07, 6.45) is -5.75. The number of rotatable bonds is 5. The zero-order valence-corrected chi connectivity index (χ0v) is 12.9. The van der Waals surface area contributed by atoms with Gasteiger partial charge in [-0.25, -0.2) is 13.1 Å². The molecule has 1 atom stereocenters. The van der Waals surface area contributed by atoms with Gasteiger partial charge in [0, 0.05) is 11.1 Å². The first kappa shape index (κ1) is 18.2. The number of halogens is 4. The molecule has 9 heteroatoms. The third kappa shape index (κ3) is 5.14. The smallest absolute Gasteiger partial charge is 0.390 e. The third-order valence-corrected chi connectivity index (χ3v) is 4.72. The number of hydrogen-bond acceptors (Lipinski definition) is 3. The summed E-state index contributed by atoms with van der Waals surface area (Å²) >= 11 is 5.77. The summed E-state index contributed by atoms with van der Waals surface area (Å²) < 4.78 is 63.0. The zero-order valence-electron chi connectivity index (χ0n) is 11.3. The Bertz CT molecular complexity index is 617. The molecule has 0 aliphatic carbocycles. The van der Waals surface area contributed by atoms with Crippen LogP contribution in [0.25, 0.3) is 0 Å². The molecule has 0 aliphatic heterocycles. The van der Waals surface area contributed by atoms with Crippen LogP contribution in [0.2, 0.25) is 5.02 Å². The van der Waals surface area contributed by atoms with E-state index < -0.39 is 35.3 Å². The van der Waals surface area contributed by atoms with Gasteiger partial charge in [-0.1, -0.05) is 11.6 Å². The first-order valence-corrected chi connectivity index (χ1v) is 7.81. The predicted molar refractivity (Wildman–Crippen MR) is 72.6 cm³/mol. The fourth-order valence-electron chi connectivity index (χ4n) is 1.87. The molecule has 0 amide bonds. The van der Waals surface area contributed by atoms with E-state index in [-0.39, 0.29) is 15.5 Å². The highest BCUT2D eigenvalue weighted by molar-refractivity contribution is 7.89. The average molecular weight is 346 g/mol. The molecule has 0 bridgehead atoms. The van der Waals surface area contributed by atoms with Crippen LogP contribution < -0.4 is 4.72 Å². The van der Waals surface area contributed by atoms with Gasteiger partial charge < -0.3 is 5.11 Å². The van der Waals surface area contributed by atoms with Crippen LogP contribution in [0.1, 0.15) is 24.5 Å². The van der Waals surface area contributed by atoms with Crippen LogP contribution in [-0.2, 0) is 16.6 Å². The normalized spacial score (nSPS) is 14.2. The highest BCUT2D eigenvalue weighted by Crippen LogP contribution is 2.26. The molecule has 0 saturated heterocycles. The summed E-state index contributed by atoms with van der Waals surface area (Å²) in [5.74, 6) is 0. The van der Waals surface area contributed by atoms with E-state index in [1.165, 1.54) is 13.0 Å². The summed E-state index contributed by atoms with van der Waals surface area (Å²) in [5, 5.41) is 9.22. The van der Waals surface area contributed by atoms with E-state index in [1.54, 1.807) is 0 Å². The lowest BCUT2D eigenvalue weighted by Crippen LogP contribution is -2.36. The number of alkyl halides is 3. The first-order valence-electron chi connectivity index (χ1n) is 5.95. The van der Waals surface area contributed by atoms with Gasteiger partial charge in [0.1, 0.15) is 0 Å². The van der Waals surface area contributed by atoms with E-state index in [9.17, 15) is 21.6 Å². The minimum absolute atomic E-state index is 0.0773. The number of aliphatic hydroxyl groups is 1. The largest absolute Gasteiger partial charge is 0.392 e. The summed E-state index contributed by atoms with van der Waals surface area (Å²) in [6, 6.07) is 1.22. The van der Waals surface area contributed by atoms with Crippen LogP contribution in [0.4, 0.5) is 13.2 Å². The SMILES string of the molecule is Cc1c(CO)cc(Cl)cc1S(=O)(=O)NC(C)CC(F)(F)F. The average Bonchev–Trinajstić information content (AvgIpc) is 2.28. The fraction of sp³-hybridized carbons (Fsp3) is 0.500. The second-order valence-corrected chi connectivity index (χ2v) is 6.81. The molecular formula is C12H15ClF3NO3S. The molecule has 4 nitrogen and oxygen atoms in total. The topological polar surface area (TPSA) is 66.4 Å². The summed E-state index contributed by atoms with van der Waals surface area (Å²) in [7, 11) is -4.16. The van der Waals surface area contributed by atoms with E-state index in [4.69, 9.17) is 16.7 Å². The molecule has 0 saturated carbocycles. The Kier molecular flexibility index (Phi) is 5.65. The van der Waals surface area contributed by atoms with Crippen molar-refractivity contribution >= 4 is 21.6 Å². The van der Waals surface area contributed by atoms with Gasteiger partial charge in [-0.2, -0.15) is 13.2 Å². The first-order chi connectivity index (χ1) is 9.46. The Hall–Kier alpha value is -0.830. The summed E-state index contributed by atoms with van der Waals surface area (Å²) in [5.41, 5.74) is 0.542. The predicted octanol–water partition coefficient (Wildman–Crippen LogP) is 2.76. The van der Waals surface area contributed by atoms with Gasteiger partial charge in [0.15, 0.2) is 0 Å². The van der Waals surface area contributed by atoms with Gasteiger partial charge in [0.25, 0.3) is 0 Å². The van der Waals surface area contributed by atoms with Crippen LogP contribution in [0.3, 0.4) is 0 Å². The van der Waals surface area contributed by atoms with Gasteiger partial charge in [-0.3, -0.25) is 0 Å². The molecule has 1 aromatic rings. The number of sulfonamides is 1. The van der Waals surface area contributed by atoms with E-state index in [1.807, 2.05) is 4.72 Å². The number of nitrogens with one attached hydrogen (secondary N) is 1. The molecule has 0 heterocycles. The Morgan fingerprint density at radius 2 is 1.95 bits per heavy atom. The van der Waals surface area contributed by atoms with E-state index in [0.717, 1.165) is 13.0 Å². The van der Waals surface area contributed by atoms with Crippen LogP contribution >= 0.6 is 11.6 Å². The minimum Gasteiger partial charge on any atom is -0.392 e. The van der Waals surface area contributed by atoms with Crippen LogP contribution in [0.5, 0.6) is 0 Å². The molecule has 1 unspecified atom stereocenters. The Balaban J connectivity index is 3.12. The van der Waals surface area contributed by atoms with Crippen molar-refractivity contribution in [2.75, 3.05) is 0 Å². The number of hydrogen-bond donors (Lipinski definition) is 2. The van der Waals surface area contributed by atoms with Gasteiger partial charge >= 0.3 is 6.18 Å². The lowest BCUT2D eigenvalue weighted by molar-refractivity contribution is -0.137. The van der Waals surface area contributed by atoms with Crippen molar-refractivity contribution in [2.24, 2.45) is 0 Å². The Morgan fingerprint density at radius 1 is 1.38 bits per heavy atom. The van der Waals surface area contributed by atoms with Crippen LogP contribution in [0, 0.1) is 6.92 Å². The molecule has 0 aliphatic rings. The standard InChI is InChI=1S/C12H15ClF3NO3S/c1-7(5-12(14,15)16)17-21(19,20)11-4-10(13)3-9(6-18)8(11)2/h3-4,7,17-18H,5-6H2,1-2H3. The maximum atomic E-state index is 12.3. The monoisotopic (exact) mass is 345 g/mol. The van der Waals surface area contributed by atoms with Crippen molar-refractivity contribution in [3.63, 3.8) is 0 Å². The summed E-state index contributed by atoms with van der Waals surface area (Å²) in [4.78, 5) is -0.243. The fourth-order valence-corrected chi connectivity index (χ4v) is 3.73. The van der Waals surface area contributed by atoms with E-state index in [0.29, 0.717) is 5.56 Å². The zero-order chi connectivity index (χ0) is 16.4. The van der Waals surface area contributed by atoms with Crippen molar-refractivity contribution in [3.8, 4) is 0 Å². The lowest BCUT2D eigenvalue weighted by Gasteiger charge is -2.18. The number of benzene rings is 1. The second kappa shape index (κ2) is 6.51. The summed E-state index contributed by atoms with van der Waals surface area (Å²) in [6.45, 7) is 2.15.